The molecule has 0 saturated heterocycles. The first-order chi connectivity index (χ1) is 10.8. The lowest BCUT2D eigenvalue weighted by atomic mass is 9.95. The average molecular weight is 290 g/mol. The predicted octanol–water partition coefficient (Wildman–Crippen LogP) is 5.28. The van der Waals surface area contributed by atoms with E-state index in [0.29, 0.717) is 11.1 Å². The van der Waals surface area contributed by atoms with Crippen molar-refractivity contribution in [3.05, 3.63) is 102 Å². The first kappa shape index (κ1) is 14.1. The van der Waals surface area contributed by atoms with Crippen molar-refractivity contribution in [1.82, 2.24) is 0 Å². The predicted molar refractivity (Wildman–Crippen MR) is 88.0 cm³/mol. The molecule has 2 heteroatoms. The Bertz CT molecular complexity index is 775. The number of hydrogen-bond donors (Lipinski definition) is 1. The molecule has 0 aliphatic rings. The standard InChI is InChI=1S/C20H15FO/c21-20(17-9-5-2-6-10-17)19(15-7-3-1-4-8-15)16-11-13-18(22)14-12-16/h1-14,22H/b20-19-. The number of halogens is 1. The Balaban J connectivity index is 2.21. The third-order valence-electron chi connectivity index (χ3n) is 3.47. The lowest BCUT2D eigenvalue weighted by Gasteiger charge is -2.11. The molecule has 22 heavy (non-hydrogen) atoms. The lowest BCUT2D eigenvalue weighted by molar-refractivity contribution is 0.475. The van der Waals surface area contributed by atoms with Crippen LogP contribution in [0.2, 0.25) is 0 Å². The second-order valence-electron chi connectivity index (χ2n) is 4.97. The Kier molecular flexibility index (Phi) is 4.01. The highest BCUT2D eigenvalue weighted by molar-refractivity contribution is 5.95. The number of hydrogen-bond acceptors (Lipinski definition) is 1. The molecule has 0 heterocycles. The van der Waals surface area contributed by atoms with Crippen molar-refractivity contribution >= 4 is 11.4 Å². The summed E-state index contributed by atoms with van der Waals surface area (Å²) < 4.78 is 15.1. The van der Waals surface area contributed by atoms with Crippen LogP contribution in [-0.2, 0) is 0 Å². The molecule has 0 spiro atoms. The minimum atomic E-state index is -0.280. The van der Waals surface area contributed by atoms with Gasteiger partial charge in [-0.25, -0.2) is 4.39 Å². The number of rotatable bonds is 3. The van der Waals surface area contributed by atoms with Gasteiger partial charge in [-0.2, -0.15) is 0 Å². The van der Waals surface area contributed by atoms with Crippen molar-refractivity contribution in [2.75, 3.05) is 0 Å². The van der Waals surface area contributed by atoms with Gasteiger partial charge in [0.05, 0.1) is 0 Å². The first-order valence-electron chi connectivity index (χ1n) is 7.06. The molecule has 0 radical (unpaired) electrons. The molecule has 3 aromatic carbocycles. The molecule has 1 N–H and O–H groups in total. The van der Waals surface area contributed by atoms with Crippen molar-refractivity contribution in [2.24, 2.45) is 0 Å². The zero-order valence-electron chi connectivity index (χ0n) is 11.9. The quantitative estimate of drug-likeness (QED) is 0.651. The Labute approximate surface area is 129 Å². The third-order valence-corrected chi connectivity index (χ3v) is 3.47. The molecule has 0 atom stereocenters. The fourth-order valence-electron chi connectivity index (χ4n) is 2.38. The van der Waals surface area contributed by atoms with E-state index in [1.54, 1.807) is 36.4 Å². The number of phenols is 1. The summed E-state index contributed by atoms with van der Waals surface area (Å²) in [5.41, 5.74) is 2.58. The summed E-state index contributed by atoms with van der Waals surface area (Å²) in [4.78, 5) is 0. The summed E-state index contributed by atoms with van der Waals surface area (Å²) in [5, 5.41) is 9.45. The highest BCUT2D eigenvalue weighted by atomic mass is 19.1. The maximum atomic E-state index is 15.1. The van der Waals surface area contributed by atoms with Gasteiger partial charge in [0.2, 0.25) is 0 Å². The van der Waals surface area contributed by atoms with E-state index in [2.05, 4.69) is 0 Å². The molecule has 0 fully saturated rings. The van der Waals surface area contributed by atoms with Gasteiger partial charge in [0, 0.05) is 11.1 Å². The summed E-state index contributed by atoms with van der Waals surface area (Å²) >= 11 is 0. The van der Waals surface area contributed by atoms with Gasteiger partial charge in [0.15, 0.2) is 0 Å². The molecule has 0 aliphatic heterocycles. The second-order valence-corrected chi connectivity index (χ2v) is 4.97. The van der Waals surface area contributed by atoms with E-state index in [1.807, 2.05) is 48.5 Å². The monoisotopic (exact) mass is 290 g/mol. The van der Waals surface area contributed by atoms with Gasteiger partial charge in [-0.05, 0) is 23.3 Å². The molecule has 0 unspecified atom stereocenters. The molecule has 0 bridgehead atoms. The van der Waals surface area contributed by atoms with Crippen LogP contribution in [-0.4, -0.2) is 5.11 Å². The molecule has 3 aromatic rings. The van der Waals surface area contributed by atoms with Crippen LogP contribution in [0.5, 0.6) is 5.75 Å². The average Bonchev–Trinajstić information content (AvgIpc) is 2.58. The van der Waals surface area contributed by atoms with Gasteiger partial charge in [-0.15, -0.1) is 0 Å². The van der Waals surface area contributed by atoms with Gasteiger partial charge in [0.1, 0.15) is 11.6 Å². The highest BCUT2D eigenvalue weighted by Crippen LogP contribution is 2.33. The van der Waals surface area contributed by atoms with Crippen LogP contribution in [0.3, 0.4) is 0 Å². The minimum absolute atomic E-state index is 0.163. The summed E-state index contributed by atoms with van der Waals surface area (Å²) in [6.45, 7) is 0. The Morgan fingerprint density at radius 2 is 1.05 bits per heavy atom. The largest absolute Gasteiger partial charge is 0.508 e. The van der Waals surface area contributed by atoms with E-state index in [-0.39, 0.29) is 11.6 Å². The van der Waals surface area contributed by atoms with Crippen molar-refractivity contribution < 1.29 is 9.50 Å². The van der Waals surface area contributed by atoms with Crippen molar-refractivity contribution in [3.63, 3.8) is 0 Å². The summed E-state index contributed by atoms with van der Waals surface area (Å²) in [7, 11) is 0. The zero-order valence-corrected chi connectivity index (χ0v) is 11.9. The van der Waals surface area contributed by atoms with E-state index >= 15 is 4.39 Å². The van der Waals surface area contributed by atoms with E-state index in [0.717, 1.165) is 11.1 Å². The van der Waals surface area contributed by atoms with Gasteiger partial charge in [-0.3, -0.25) is 0 Å². The number of phenolic OH excluding ortho intramolecular Hbond substituents is 1. The molecular weight excluding hydrogens is 275 g/mol. The van der Waals surface area contributed by atoms with Crippen LogP contribution in [0.4, 0.5) is 4.39 Å². The molecule has 1 nitrogen and oxygen atoms in total. The normalized spacial score (nSPS) is 11.9. The topological polar surface area (TPSA) is 20.2 Å². The highest BCUT2D eigenvalue weighted by Gasteiger charge is 2.13. The van der Waals surface area contributed by atoms with Crippen molar-refractivity contribution in [1.29, 1.82) is 0 Å². The molecule has 108 valence electrons. The molecule has 0 aromatic heterocycles. The smallest absolute Gasteiger partial charge is 0.138 e. The van der Waals surface area contributed by atoms with Crippen LogP contribution in [0.25, 0.3) is 11.4 Å². The van der Waals surface area contributed by atoms with Gasteiger partial charge >= 0.3 is 0 Å². The van der Waals surface area contributed by atoms with Gasteiger partial charge in [0.25, 0.3) is 0 Å². The second kappa shape index (κ2) is 6.27. The zero-order chi connectivity index (χ0) is 15.4. The maximum absolute atomic E-state index is 15.1. The summed E-state index contributed by atoms with van der Waals surface area (Å²) in [6.07, 6.45) is 0. The van der Waals surface area contributed by atoms with E-state index in [1.165, 1.54) is 0 Å². The van der Waals surface area contributed by atoms with Crippen LogP contribution >= 0.6 is 0 Å². The Morgan fingerprint density at radius 3 is 1.59 bits per heavy atom. The third kappa shape index (κ3) is 2.91. The molecule has 0 aliphatic carbocycles. The van der Waals surface area contributed by atoms with Crippen LogP contribution in [0.1, 0.15) is 16.7 Å². The number of benzene rings is 3. The van der Waals surface area contributed by atoms with E-state index in [4.69, 9.17) is 0 Å². The van der Waals surface area contributed by atoms with Gasteiger partial charge < -0.3 is 5.11 Å². The molecule has 0 saturated carbocycles. The van der Waals surface area contributed by atoms with E-state index in [9.17, 15) is 5.11 Å². The Morgan fingerprint density at radius 1 is 0.591 bits per heavy atom. The van der Waals surface area contributed by atoms with E-state index < -0.39 is 0 Å². The fourth-order valence-corrected chi connectivity index (χ4v) is 2.38. The van der Waals surface area contributed by atoms with Crippen LogP contribution in [0, 0.1) is 0 Å². The fraction of sp³-hybridized carbons (Fsp3) is 0. The summed E-state index contributed by atoms with van der Waals surface area (Å²) in [6, 6.07) is 25.0. The SMILES string of the molecule is Oc1ccc(/C(=C(\F)c2ccccc2)c2ccccc2)cc1. The van der Waals surface area contributed by atoms with Gasteiger partial charge in [-0.1, -0.05) is 72.8 Å². The van der Waals surface area contributed by atoms with Crippen LogP contribution < -0.4 is 0 Å². The molecular formula is C20H15FO. The molecule has 0 amide bonds. The van der Waals surface area contributed by atoms with Crippen molar-refractivity contribution in [2.45, 2.75) is 0 Å². The first-order valence-corrected chi connectivity index (χ1v) is 7.06. The molecule has 3 rings (SSSR count). The lowest BCUT2D eigenvalue weighted by Crippen LogP contribution is -1.91. The van der Waals surface area contributed by atoms with Crippen LogP contribution in [0.15, 0.2) is 84.9 Å². The van der Waals surface area contributed by atoms with Crippen molar-refractivity contribution in [3.8, 4) is 5.75 Å². The maximum Gasteiger partial charge on any atom is 0.138 e. The number of aromatic hydroxyl groups is 1. The minimum Gasteiger partial charge on any atom is -0.508 e. The Hall–Kier alpha value is -2.87. The summed E-state index contributed by atoms with van der Waals surface area (Å²) in [5.74, 6) is -0.117.